The lowest BCUT2D eigenvalue weighted by Crippen LogP contribution is -2.31. The number of carbonyl (C=O) groups excluding carboxylic acids is 1. The molecule has 1 saturated carbocycles. The highest BCUT2D eigenvalue weighted by Crippen LogP contribution is 2.37. The average Bonchev–Trinajstić information content (AvgIpc) is 3.18. The molecular weight excluding hydrogens is 238 g/mol. The maximum absolute atomic E-state index is 12.0. The van der Waals surface area contributed by atoms with Crippen molar-refractivity contribution >= 4 is 11.5 Å². The first-order valence-corrected chi connectivity index (χ1v) is 6.99. The molecule has 3 nitrogen and oxygen atoms in total. The third kappa shape index (κ3) is 3.09. The number of benzene rings is 1. The Morgan fingerprint density at radius 1 is 1.42 bits per heavy atom. The summed E-state index contributed by atoms with van der Waals surface area (Å²) < 4.78 is 5.36. The van der Waals surface area contributed by atoms with Gasteiger partial charge in [0, 0.05) is 12.6 Å². The SMILES string of the molecule is COc1cccc(N(CC(C)C)C2CC2)c1C(C)=O. The second-order valence-electron chi connectivity index (χ2n) is 5.69. The van der Waals surface area contributed by atoms with Crippen LogP contribution >= 0.6 is 0 Å². The quantitative estimate of drug-likeness (QED) is 0.734. The van der Waals surface area contributed by atoms with Gasteiger partial charge in [0.05, 0.1) is 18.4 Å². The van der Waals surface area contributed by atoms with E-state index >= 15 is 0 Å². The topological polar surface area (TPSA) is 29.5 Å². The van der Waals surface area contributed by atoms with Crippen LogP contribution in [0.1, 0.15) is 44.0 Å². The zero-order chi connectivity index (χ0) is 14.0. The molecule has 2 rings (SSSR count). The maximum Gasteiger partial charge on any atom is 0.165 e. The van der Waals surface area contributed by atoms with E-state index in [0.717, 1.165) is 17.8 Å². The lowest BCUT2D eigenvalue weighted by molar-refractivity contribution is 0.101. The third-order valence-corrected chi connectivity index (χ3v) is 3.44. The molecule has 0 N–H and O–H groups in total. The molecule has 0 bridgehead atoms. The molecule has 1 aromatic rings. The van der Waals surface area contributed by atoms with Gasteiger partial charge in [-0.3, -0.25) is 4.79 Å². The van der Waals surface area contributed by atoms with Gasteiger partial charge in [-0.1, -0.05) is 19.9 Å². The molecule has 0 aliphatic heterocycles. The van der Waals surface area contributed by atoms with Gasteiger partial charge < -0.3 is 9.64 Å². The average molecular weight is 261 g/mol. The van der Waals surface area contributed by atoms with Crippen LogP contribution in [0.5, 0.6) is 5.75 Å². The first-order chi connectivity index (χ1) is 9.04. The molecule has 0 saturated heterocycles. The van der Waals surface area contributed by atoms with Crippen LogP contribution in [0.3, 0.4) is 0 Å². The molecule has 104 valence electrons. The van der Waals surface area contributed by atoms with Crippen LogP contribution < -0.4 is 9.64 Å². The Balaban J connectivity index is 2.43. The van der Waals surface area contributed by atoms with Gasteiger partial charge in [0.2, 0.25) is 0 Å². The van der Waals surface area contributed by atoms with Crippen molar-refractivity contribution in [1.29, 1.82) is 0 Å². The van der Waals surface area contributed by atoms with E-state index in [1.165, 1.54) is 12.8 Å². The van der Waals surface area contributed by atoms with E-state index in [2.05, 4.69) is 18.7 Å². The van der Waals surface area contributed by atoms with E-state index in [9.17, 15) is 4.79 Å². The monoisotopic (exact) mass is 261 g/mol. The standard InChI is InChI=1S/C16H23NO2/c1-11(2)10-17(13-8-9-13)14-6-5-7-15(19-4)16(14)12(3)18/h5-7,11,13H,8-10H2,1-4H3. The molecule has 0 amide bonds. The number of rotatable bonds is 6. The third-order valence-electron chi connectivity index (χ3n) is 3.44. The summed E-state index contributed by atoms with van der Waals surface area (Å²) in [4.78, 5) is 14.4. The maximum atomic E-state index is 12.0. The molecule has 1 aromatic carbocycles. The highest BCUT2D eigenvalue weighted by Gasteiger charge is 2.32. The molecule has 0 atom stereocenters. The number of ether oxygens (including phenoxy) is 1. The summed E-state index contributed by atoms with van der Waals surface area (Å²) in [6.45, 7) is 7.02. The van der Waals surface area contributed by atoms with Crippen molar-refractivity contribution in [3.05, 3.63) is 23.8 Å². The van der Waals surface area contributed by atoms with Crippen molar-refractivity contribution in [1.82, 2.24) is 0 Å². The minimum absolute atomic E-state index is 0.0712. The number of hydrogen-bond donors (Lipinski definition) is 0. The van der Waals surface area contributed by atoms with Crippen LogP contribution in [0.4, 0.5) is 5.69 Å². The van der Waals surface area contributed by atoms with Crippen LogP contribution in [0.15, 0.2) is 18.2 Å². The second kappa shape index (κ2) is 5.64. The molecule has 19 heavy (non-hydrogen) atoms. The van der Waals surface area contributed by atoms with Crippen LogP contribution in [-0.2, 0) is 0 Å². The molecule has 0 unspecified atom stereocenters. The van der Waals surface area contributed by atoms with Gasteiger partial charge in [0.25, 0.3) is 0 Å². The largest absolute Gasteiger partial charge is 0.496 e. The fourth-order valence-electron chi connectivity index (χ4n) is 2.51. The predicted octanol–water partition coefficient (Wildman–Crippen LogP) is 3.52. The number of methoxy groups -OCH3 is 1. The summed E-state index contributed by atoms with van der Waals surface area (Å²) in [5.74, 6) is 1.33. The number of hydrogen-bond acceptors (Lipinski definition) is 3. The normalized spacial score (nSPS) is 14.6. The van der Waals surface area contributed by atoms with Crippen LogP contribution in [0.25, 0.3) is 0 Å². The zero-order valence-corrected chi connectivity index (χ0v) is 12.3. The van der Waals surface area contributed by atoms with Crippen molar-refractivity contribution < 1.29 is 9.53 Å². The zero-order valence-electron chi connectivity index (χ0n) is 12.3. The summed E-state index contributed by atoms with van der Waals surface area (Å²) in [6, 6.07) is 6.46. The second-order valence-corrected chi connectivity index (χ2v) is 5.69. The molecule has 0 radical (unpaired) electrons. The molecular formula is C16H23NO2. The van der Waals surface area contributed by atoms with Crippen molar-refractivity contribution in [2.45, 2.75) is 39.7 Å². The van der Waals surface area contributed by atoms with E-state index in [1.807, 2.05) is 18.2 Å². The van der Waals surface area contributed by atoms with Gasteiger partial charge in [-0.2, -0.15) is 0 Å². The summed E-state index contributed by atoms with van der Waals surface area (Å²) in [6.07, 6.45) is 2.45. The van der Waals surface area contributed by atoms with E-state index in [-0.39, 0.29) is 5.78 Å². The molecule has 1 aliphatic rings. The van der Waals surface area contributed by atoms with Gasteiger partial charge in [0.1, 0.15) is 5.75 Å². The van der Waals surface area contributed by atoms with Gasteiger partial charge in [-0.25, -0.2) is 0 Å². The van der Waals surface area contributed by atoms with Crippen LogP contribution in [-0.4, -0.2) is 25.5 Å². The summed E-state index contributed by atoms with van der Waals surface area (Å²) in [7, 11) is 1.62. The molecule has 3 heteroatoms. The first-order valence-electron chi connectivity index (χ1n) is 6.99. The Morgan fingerprint density at radius 2 is 2.11 bits per heavy atom. The highest BCUT2D eigenvalue weighted by atomic mass is 16.5. The minimum Gasteiger partial charge on any atom is -0.496 e. The number of ketones is 1. The minimum atomic E-state index is 0.0712. The highest BCUT2D eigenvalue weighted by molar-refractivity contribution is 6.02. The molecule has 0 spiro atoms. The number of Topliss-reactive ketones (excluding diaryl/α,β-unsaturated/α-hetero) is 1. The van der Waals surface area contributed by atoms with Gasteiger partial charge in [-0.15, -0.1) is 0 Å². The number of anilines is 1. The van der Waals surface area contributed by atoms with Crippen molar-refractivity contribution in [3.8, 4) is 5.75 Å². The Hall–Kier alpha value is -1.51. The Morgan fingerprint density at radius 3 is 2.58 bits per heavy atom. The lowest BCUT2D eigenvalue weighted by atomic mass is 10.1. The van der Waals surface area contributed by atoms with Crippen LogP contribution in [0, 0.1) is 5.92 Å². The van der Waals surface area contributed by atoms with Gasteiger partial charge >= 0.3 is 0 Å². The number of carbonyl (C=O) groups is 1. The van der Waals surface area contributed by atoms with Crippen molar-refractivity contribution in [2.24, 2.45) is 5.92 Å². The smallest absolute Gasteiger partial charge is 0.165 e. The fraction of sp³-hybridized carbons (Fsp3) is 0.562. The van der Waals surface area contributed by atoms with Crippen molar-refractivity contribution in [3.63, 3.8) is 0 Å². The summed E-state index contributed by atoms with van der Waals surface area (Å²) in [5, 5.41) is 0. The molecule has 1 aliphatic carbocycles. The Labute approximate surface area is 115 Å². The van der Waals surface area contributed by atoms with Crippen molar-refractivity contribution in [2.75, 3.05) is 18.6 Å². The fourth-order valence-corrected chi connectivity index (χ4v) is 2.51. The van der Waals surface area contributed by atoms with E-state index in [1.54, 1.807) is 14.0 Å². The van der Waals surface area contributed by atoms with E-state index in [0.29, 0.717) is 17.7 Å². The predicted molar refractivity (Wildman–Crippen MR) is 78.2 cm³/mol. The van der Waals surface area contributed by atoms with Gasteiger partial charge in [0.15, 0.2) is 5.78 Å². The van der Waals surface area contributed by atoms with Gasteiger partial charge in [-0.05, 0) is 37.8 Å². The Bertz CT molecular complexity index is 464. The lowest BCUT2D eigenvalue weighted by Gasteiger charge is -2.29. The van der Waals surface area contributed by atoms with E-state index in [4.69, 9.17) is 4.74 Å². The Kier molecular flexibility index (Phi) is 4.13. The van der Waals surface area contributed by atoms with E-state index < -0.39 is 0 Å². The summed E-state index contributed by atoms with van der Waals surface area (Å²) in [5.41, 5.74) is 1.75. The molecule has 0 heterocycles. The molecule has 1 fully saturated rings. The summed E-state index contributed by atoms with van der Waals surface area (Å²) >= 11 is 0. The first kappa shape index (κ1) is 13.9. The van der Waals surface area contributed by atoms with Crippen LogP contribution in [0.2, 0.25) is 0 Å². The number of nitrogens with zero attached hydrogens (tertiary/aromatic N) is 1. The molecule has 0 aromatic heterocycles.